The predicted molar refractivity (Wildman–Crippen MR) is 106 cm³/mol. The summed E-state index contributed by atoms with van der Waals surface area (Å²) in [7, 11) is 0. The summed E-state index contributed by atoms with van der Waals surface area (Å²) >= 11 is 0. The summed E-state index contributed by atoms with van der Waals surface area (Å²) in [6.45, 7) is 4.74. The number of rotatable bonds is 2. The molecular weight excluding hydrogens is 348 g/mol. The topological polar surface area (TPSA) is 43.4 Å². The number of hydrogen-bond acceptors (Lipinski definition) is 3. The molecule has 0 bridgehead atoms. The first-order valence-electron chi connectivity index (χ1n) is 12.0. The van der Waals surface area contributed by atoms with E-state index < -0.39 is 0 Å². The smallest absolute Gasteiger partial charge is 0.306 e. The Bertz CT molecular complexity index is 768. The normalized spacial score (nSPS) is 53.8. The van der Waals surface area contributed by atoms with Crippen molar-refractivity contribution >= 4 is 11.8 Å². The van der Waals surface area contributed by atoms with E-state index >= 15 is 0 Å². The van der Waals surface area contributed by atoms with Crippen LogP contribution in [0.25, 0.3) is 0 Å². The maximum atomic E-state index is 12.3. The van der Waals surface area contributed by atoms with Gasteiger partial charge < -0.3 is 4.74 Å². The highest BCUT2D eigenvalue weighted by Crippen LogP contribution is 2.79. The van der Waals surface area contributed by atoms with E-state index in [4.69, 9.17) is 4.74 Å². The molecule has 1 aliphatic heterocycles. The predicted octanol–water partition coefficient (Wildman–Crippen LogP) is 5.09. The van der Waals surface area contributed by atoms with Crippen molar-refractivity contribution in [1.29, 1.82) is 0 Å². The van der Waals surface area contributed by atoms with Gasteiger partial charge in [-0.05, 0) is 86.5 Å². The Hall–Kier alpha value is -1.12. The highest BCUT2D eigenvalue weighted by Gasteiger charge is 2.79. The van der Waals surface area contributed by atoms with Crippen LogP contribution in [0.4, 0.5) is 0 Å². The van der Waals surface area contributed by atoms with Crippen LogP contribution >= 0.6 is 0 Å². The van der Waals surface area contributed by atoms with Gasteiger partial charge in [-0.15, -0.1) is 0 Å². The first kappa shape index (κ1) is 17.7. The molecule has 5 aliphatic carbocycles. The van der Waals surface area contributed by atoms with Crippen molar-refractivity contribution in [2.75, 3.05) is 0 Å². The van der Waals surface area contributed by atoms with Crippen LogP contribution in [-0.2, 0) is 14.3 Å². The van der Waals surface area contributed by atoms with Gasteiger partial charge in [0.15, 0.2) is 5.78 Å². The fraction of sp³-hybridized carbons (Fsp3) is 0.840. The van der Waals surface area contributed by atoms with Crippen LogP contribution in [0.3, 0.4) is 0 Å². The zero-order valence-electron chi connectivity index (χ0n) is 17.4. The van der Waals surface area contributed by atoms with Gasteiger partial charge in [-0.2, -0.15) is 0 Å². The second-order valence-corrected chi connectivity index (χ2v) is 10.9. The number of carbonyl (C=O) groups excluding carboxylic acids is 2. The van der Waals surface area contributed by atoms with Crippen molar-refractivity contribution < 1.29 is 14.3 Å². The quantitative estimate of drug-likeness (QED) is 0.625. The molecule has 0 N–H and O–H groups in total. The lowest BCUT2D eigenvalue weighted by Gasteiger charge is -2.60. The Labute approximate surface area is 168 Å². The molecule has 6 unspecified atom stereocenters. The molecule has 6 aliphatic rings. The zero-order valence-corrected chi connectivity index (χ0v) is 17.4. The van der Waals surface area contributed by atoms with E-state index in [9.17, 15) is 9.59 Å². The molecule has 3 heteroatoms. The van der Waals surface area contributed by atoms with Crippen LogP contribution in [0.2, 0.25) is 0 Å². The van der Waals surface area contributed by atoms with Gasteiger partial charge in [0, 0.05) is 24.2 Å². The fourth-order valence-corrected chi connectivity index (χ4v) is 9.58. The molecule has 0 aromatic rings. The van der Waals surface area contributed by atoms with Crippen LogP contribution in [0.1, 0.15) is 78.1 Å². The van der Waals surface area contributed by atoms with E-state index in [-0.39, 0.29) is 17.0 Å². The van der Waals surface area contributed by atoms with Crippen molar-refractivity contribution in [1.82, 2.24) is 0 Å². The molecule has 1 heterocycles. The summed E-state index contributed by atoms with van der Waals surface area (Å²) in [6, 6.07) is 0. The van der Waals surface area contributed by atoms with E-state index in [2.05, 4.69) is 13.8 Å². The molecular formula is C25H34O3. The largest absolute Gasteiger partial charge is 0.458 e. The molecule has 0 aromatic carbocycles. The molecule has 28 heavy (non-hydrogen) atoms. The van der Waals surface area contributed by atoms with Gasteiger partial charge in [0.05, 0.1) is 0 Å². The Morgan fingerprint density at radius 1 is 1.11 bits per heavy atom. The lowest BCUT2D eigenvalue weighted by atomic mass is 9.45. The minimum Gasteiger partial charge on any atom is -0.458 e. The molecule has 152 valence electrons. The molecule has 3 nitrogen and oxygen atoms in total. The summed E-state index contributed by atoms with van der Waals surface area (Å²) in [5.74, 6) is 5.51. The minimum atomic E-state index is -0.129. The van der Waals surface area contributed by atoms with E-state index in [1.54, 1.807) is 0 Å². The summed E-state index contributed by atoms with van der Waals surface area (Å²) in [5.41, 5.74) is 1.59. The number of esters is 1. The van der Waals surface area contributed by atoms with Crippen molar-refractivity contribution in [2.45, 2.75) is 83.7 Å². The van der Waals surface area contributed by atoms with E-state index in [1.165, 1.54) is 37.7 Å². The second-order valence-electron chi connectivity index (χ2n) is 10.9. The number of ketones is 1. The third-order valence-electron chi connectivity index (χ3n) is 10.4. The lowest BCUT2D eigenvalue weighted by Crippen LogP contribution is -2.57. The van der Waals surface area contributed by atoms with E-state index in [0.29, 0.717) is 30.0 Å². The highest BCUT2D eigenvalue weighted by atomic mass is 16.6. The van der Waals surface area contributed by atoms with E-state index in [1.807, 2.05) is 6.08 Å². The number of allylic oxidation sites excluding steroid dienone is 1. The highest BCUT2D eigenvalue weighted by molar-refractivity contribution is 5.91. The molecule has 0 radical (unpaired) electrons. The Morgan fingerprint density at radius 3 is 2.68 bits per heavy atom. The third kappa shape index (κ3) is 1.97. The van der Waals surface area contributed by atoms with Crippen LogP contribution in [0, 0.1) is 46.8 Å². The standard InChI is InChI=1S/C25H34O3/c1-3-14-11-15-12-16(26)5-6-17(15)18-7-9-24(4-2)23(22(14)18)19-13-20(19)25(24)10-8-21(27)28-25/h12,14,17-20,22-23H,3-11,13H2,1-2H3/t14?,17-,18?,19?,20?,22?,23?,24-,25-/m0/s1. The lowest BCUT2D eigenvalue weighted by molar-refractivity contribution is -0.182. The van der Waals surface area contributed by atoms with Gasteiger partial charge in [-0.3, -0.25) is 9.59 Å². The monoisotopic (exact) mass is 382 g/mol. The van der Waals surface area contributed by atoms with Gasteiger partial charge in [-0.25, -0.2) is 0 Å². The average molecular weight is 383 g/mol. The van der Waals surface area contributed by atoms with E-state index in [0.717, 1.165) is 49.4 Å². The van der Waals surface area contributed by atoms with Crippen molar-refractivity contribution in [3.63, 3.8) is 0 Å². The molecule has 5 fully saturated rings. The number of hydrogen-bond donors (Lipinski definition) is 0. The summed E-state index contributed by atoms with van der Waals surface area (Å²) in [4.78, 5) is 24.3. The minimum absolute atomic E-state index is 0.0629. The Balaban J connectivity index is 1.43. The number of fused-ring (bicyclic) bond motifs is 9. The maximum absolute atomic E-state index is 12.3. The van der Waals surface area contributed by atoms with Gasteiger partial charge in [0.1, 0.15) is 5.60 Å². The van der Waals surface area contributed by atoms with Crippen molar-refractivity contribution in [3.05, 3.63) is 11.6 Å². The van der Waals surface area contributed by atoms with Gasteiger partial charge in [0.25, 0.3) is 0 Å². The Kier molecular flexibility index (Phi) is 3.62. The van der Waals surface area contributed by atoms with Crippen LogP contribution in [0.5, 0.6) is 0 Å². The summed E-state index contributed by atoms with van der Waals surface area (Å²) in [5, 5.41) is 0. The van der Waals surface area contributed by atoms with Gasteiger partial charge >= 0.3 is 5.97 Å². The maximum Gasteiger partial charge on any atom is 0.306 e. The molecule has 9 atom stereocenters. The molecule has 0 aromatic heterocycles. The summed E-state index contributed by atoms with van der Waals surface area (Å²) in [6.07, 6.45) is 12.8. The average Bonchev–Trinajstić information content (AvgIpc) is 3.34. The molecule has 1 spiro atoms. The number of ether oxygens (including phenoxy) is 1. The van der Waals surface area contributed by atoms with Gasteiger partial charge in [0.2, 0.25) is 0 Å². The van der Waals surface area contributed by atoms with Gasteiger partial charge in [-0.1, -0.05) is 25.8 Å². The first-order valence-corrected chi connectivity index (χ1v) is 12.0. The molecule has 0 amide bonds. The van der Waals surface area contributed by atoms with Crippen molar-refractivity contribution in [2.24, 2.45) is 46.8 Å². The van der Waals surface area contributed by atoms with Crippen molar-refractivity contribution in [3.8, 4) is 0 Å². The second kappa shape index (κ2) is 5.73. The van der Waals surface area contributed by atoms with Crippen LogP contribution in [0.15, 0.2) is 11.6 Å². The SMILES string of the molecule is CCC1CC2=CC(=O)CC[C@@H]2C2CC[C@@]3(CC)C(C4CC4[C@@]34CCC(=O)O4)C12. The first-order chi connectivity index (χ1) is 13.5. The fourth-order valence-electron chi connectivity index (χ4n) is 9.58. The molecule has 1 saturated heterocycles. The zero-order chi connectivity index (χ0) is 19.3. The number of carbonyl (C=O) groups is 2. The van der Waals surface area contributed by atoms with Crippen LogP contribution < -0.4 is 0 Å². The third-order valence-corrected chi connectivity index (χ3v) is 10.4. The molecule has 6 rings (SSSR count). The summed E-state index contributed by atoms with van der Waals surface area (Å²) < 4.78 is 6.30. The van der Waals surface area contributed by atoms with Crippen LogP contribution in [-0.4, -0.2) is 17.4 Å². The Morgan fingerprint density at radius 2 is 1.96 bits per heavy atom. The molecule has 4 saturated carbocycles.